The lowest BCUT2D eigenvalue weighted by molar-refractivity contribution is -0.190. The molecule has 5 heteroatoms. The number of hydrogen-bond acceptors (Lipinski definition) is 5. The van der Waals surface area contributed by atoms with Gasteiger partial charge in [-0.25, -0.2) is 0 Å². The molecule has 27 heavy (non-hydrogen) atoms. The SMILES string of the molecule is CCC1COC(CC2(C)N=CC=N2)(c2ccc(Oc3ccccc3)cc2)O1. The molecule has 2 heterocycles. The Kier molecular flexibility index (Phi) is 4.81. The van der Waals surface area contributed by atoms with Gasteiger partial charge in [0.2, 0.25) is 0 Å². The van der Waals surface area contributed by atoms with Gasteiger partial charge in [-0.05, 0) is 49.7 Å². The smallest absolute Gasteiger partial charge is 0.199 e. The summed E-state index contributed by atoms with van der Waals surface area (Å²) in [6.45, 7) is 4.67. The summed E-state index contributed by atoms with van der Waals surface area (Å²) in [5, 5.41) is 0. The average molecular weight is 364 g/mol. The lowest BCUT2D eigenvalue weighted by atomic mass is 9.95. The van der Waals surface area contributed by atoms with Crippen LogP contribution in [0, 0.1) is 0 Å². The molecule has 2 aliphatic rings. The van der Waals surface area contributed by atoms with Gasteiger partial charge in [-0.2, -0.15) is 0 Å². The summed E-state index contributed by atoms with van der Waals surface area (Å²) in [5.74, 6) is 0.731. The first-order chi connectivity index (χ1) is 13.1. The molecule has 4 rings (SSSR count). The highest BCUT2D eigenvalue weighted by Gasteiger charge is 2.48. The monoisotopic (exact) mass is 364 g/mol. The first-order valence-electron chi connectivity index (χ1n) is 9.35. The van der Waals surface area contributed by atoms with E-state index in [9.17, 15) is 0 Å². The van der Waals surface area contributed by atoms with E-state index in [1.807, 2.05) is 61.5 Å². The van der Waals surface area contributed by atoms with Gasteiger partial charge in [-0.1, -0.05) is 25.1 Å². The molecule has 0 bridgehead atoms. The zero-order valence-corrected chi connectivity index (χ0v) is 15.7. The van der Waals surface area contributed by atoms with Crippen LogP contribution >= 0.6 is 0 Å². The number of rotatable bonds is 6. The van der Waals surface area contributed by atoms with E-state index >= 15 is 0 Å². The normalized spacial score (nSPS) is 25.8. The second-order valence-electron chi connectivity index (χ2n) is 7.10. The van der Waals surface area contributed by atoms with Crippen LogP contribution in [-0.4, -0.2) is 30.8 Å². The maximum atomic E-state index is 6.36. The predicted octanol–water partition coefficient (Wildman–Crippen LogP) is 4.72. The number of hydrogen-bond donors (Lipinski definition) is 0. The Labute approximate surface area is 159 Å². The van der Waals surface area contributed by atoms with Crippen molar-refractivity contribution in [1.29, 1.82) is 0 Å². The first-order valence-corrected chi connectivity index (χ1v) is 9.35. The van der Waals surface area contributed by atoms with Crippen molar-refractivity contribution >= 4 is 12.4 Å². The average Bonchev–Trinajstić information content (AvgIpc) is 3.30. The summed E-state index contributed by atoms with van der Waals surface area (Å²) in [4.78, 5) is 8.99. The van der Waals surface area contributed by atoms with Crippen molar-refractivity contribution in [3.8, 4) is 11.5 Å². The van der Waals surface area contributed by atoms with E-state index in [1.54, 1.807) is 12.4 Å². The largest absolute Gasteiger partial charge is 0.457 e. The Hall–Kier alpha value is -2.50. The molecule has 0 radical (unpaired) electrons. The zero-order valence-electron chi connectivity index (χ0n) is 15.7. The third-order valence-corrected chi connectivity index (χ3v) is 4.93. The standard InChI is InChI=1S/C22H24N2O3/c1-3-18-15-25-22(27-18,16-21(2)23-13-14-24-21)17-9-11-20(12-10-17)26-19-7-5-4-6-8-19/h4-14,18H,3,15-16H2,1-2H3. The van der Waals surface area contributed by atoms with Crippen LogP contribution in [0.1, 0.15) is 32.3 Å². The Morgan fingerprint density at radius 3 is 2.30 bits per heavy atom. The van der Waals surface area contributed by atoms with Crippen LogP contribution in [0.2, 0.25) is 0 Å². The van der Waals surface area contributed by atoms with Crippen molar-refractivity contribution in [2.75, 3.05) is 6.61 Å². The van der Waals surface area contributed by atoms with E-state index in [0.717, 1.165) is 23.5 Å². The minimum atomic E-state index is -0.847. The van der Waals surface area contributed by atoms with Crippen molar-refractivity contribution in [3.05, 3.63) is 60.2 Å². The molecule has 2 aliphatic heterocycles. The van der Waals surface area contributed by atoms with Gasteiger partial charge < -0.3 is 14.2 Å². The van der Waals surface area contributed by atoms with Crippen LogP contribution in [0.3, 0.4) is 0 Å². The quantitative estimate of drug-likeness (QED) is 0.745. The molecule has 2 aromatic carbocycles. The first kappa shape index (κ1) is 17.9. The van der Waals surface area contributed by atoms with Crippen molar-refractivity contribution < 1.29 is 14.2 Å². The van der Waals surface area contributed by atoms with Gasteiger partial charge in [0, 0.05) is 18.0 Å². The maximum absolute atomic E-state index is 6.36. The molecule has 1 saturated heterocycles. The summed E-state index contributed by atoms with van der Waals surface area (Å²) in [6, 6.07) is 17.6. The fraction of sp³-hybridized carbons (Fsp3) is 0.364. The number of benzene rings is 2. The molecular formula is C22H24N2O3. The van der Waals surface area contributed by atoms with Crippen LogP contribution in [0.4, 0.5) is 0 Å². The van der Waals surface area contributed by atoms with Gasteiger partial charge >= 0.3 is 0 Å². The Morgan fingerprint density at radius 1 is 1.00 bits per heavy atom. The van der Waals surface area contributed by atoms with Gasteiger partial charge in [0.15, 0.2) is 11.4 Å². The van der Waals surface area contributed by atoms with Gasteiger partial charge in [-0.3, -0.25) is 9.98 Å². The molecule has 0 amide bonds. The van der Waals surface area contributed by atoms with Gasteiger partial charge in [-0.15, -0.1) is 0 Å². The highest BCUT2D eigenvalue weighted by Crippen LogP contribution is 2.43. The number of ether oxygens (including phenoxy) is 3. The molecule has 5 nitrogen and oxygen atoms in total. The number of aliphatic imine (C=N–C) groups is 2. The van der Waals surface area contributed by atoms with E-state index in [1.165, 1.54) is 0 Å². The van der Waals surface area contributed by atoms with Crippen LogP contribution in [0.15, 0.2) is 64.6 Å². The van der Waals surface area contributed by atoms with Gasteiger partial charge in [0.1, 0.15) is 11.5 Å². The number of nitrogens with zero attached hydrogens (tertiary/aromatic N) is 2. The summed E-state index contributed by atoms with van der Waals surface area (Å²) in [5.41, 5.74) is 0.388. The summed E-state index contributed by atoms with van der Waals surface area (Å²) in [6.07, 6.45) is 4.97. The van der Waals surface area contributed by atoms with Crippen molar-refractivity contribution in [2.45, 2.75) is 44.2 Å². The summed E-state index contributed by atoms with van der Waals surface area (Å²) >= 11 is 0. The highest BCUT2D eigenvalue weighted by molar-refractivity contribution is 6.17. The summed E-state index contributed by atoms with van der Waals surface area (Å²) < 4.78 is 18.5. The molecule has 2 unspecified atom stereocenters. The number of para-hydroxylation sites is 1. The van der Waals surface area contributed by atoms with Crippen LogP contribution in [-0.2, 0) is 15.3 Å². The minimum Gasteiger partial charge on any atom is -0.457 e. The van der Waals surface area contributed by atoms with Crippen LogP contribution in [0.25, 0.3) is 0 Å². The predicted molar refractivity (Wildman–Crippen MR) is 106 cm³/mol. The maximum Gasteiger partial charge on any atom is 0.199 e. The van der Waals surface area contributed by atoms with Crippen molar-refractivity contribution in [3.63, 3.8) is 0 Å². The summed E-state index contributed by atoms with van der Waals surface area (Å²) in [7, 11) is 0. The second kappa shape index (κ2) is 7.25. The molecular weight excluding hydrogens is 340 g/mol. The molecule has 0 aromatic heterocycles. The zero-order chi connectivity index (χ0) is 18.7. The Morgan fingerprint density at radius 2 is 1.67 bits per heavy atom. The van der Waals surface area contributed by atoms with Crippen molar-refractivity contribution in [1.82, 2.24) is 0 Å². The molecule has 2 atom stereocenters. The molecule has 0 N–H and O–H groups in total. The molecule has 140 valence electrons. The van der Waals surface area contributed by atoms with E-state index < -0.39 is 11.4 Å². The van der Waals surface area contributed by atoms with E-state index in [2.05, 4.69) is 16.9 Å². The lowest BCUT2D eigenvalue weighted by Crippen LogP contribution is -2.36. The molecule has 1 fully saturated rings. The van der Waals surface area contributed by atoms with E-state index in [4.69, 9.17) is 14.2 Å². The third-order valence-electron chi connectivity index (χ3n) is 4.93. The highest BCUT2D eigenvalue weighted by atomic mass is 16.7. The van der Waals surface area contributed by atoms with Crippen LogP contribution in [0.5, 0.6) is 11.5 Å². The molecule has 2 aromatic rings. The van der Waals surface area contributed by atoms with Crippen LogP contribution < -0.4 is 4.74 Å². The van der Waals surface area contributed by atoms with Crippen molar-refractivity contribution in [2.24, 2.45) is 9.98 Å². The Balaban J connectivity index is 1.58. The fourth-order valence-corrected chi connectivity index (χ4v) is 3.47. The third kappa shape index (κ3) is 3.80. The molecule has 0 spiro atoms. The van der Waals surface area contributed by atoms with Gasteiger partial charge in [0.05, 0.1) is 19.1 Å². The topological polar surface area (TPSA) is 52.4 Å². The molecule has 0 saturated carbocycles. The fourth-order valence-electron chi connectivity index (χ4n) is 3.47. The molecule has 0 aliphatic carbocycles. The van der Waals surface area contributed by atoms with E-state index in [0.29, 0.717) is 13.0 Å². The van der Waals surface area contributed by atoms with Gasteiger partial charge in [0.25, 0.3) is 0 Å². The lowest BCUT2D eigenvalue weighted by Gasteiger charge is -2.33. The second-order valence-corrected chi connectivity index (χ2v) is 7.10. The van der Waals surface area contributed by atoms with E-state index in [-0.39, 0.29) is 6.10 Å². The Bertz CT molecular complexity index is 820. The minimum absolute atomic E-state index is 0.0724.